The van der Waals surface area contributed by atoms with E-state index < -0.39 is 0 Å². The Labute approximate surface area is 81.3 Å². The Balaban J connectivity index is 2.57. The van der Waals surface area contributed by atoms with Gasteiger partial charge in [-0.25, -0.2) is 4.98 Å². The van der Waals surface area contributed by atoms with Gasteiger partial charge in [-0.2, -0.15) is 4.98 Å². The summed E-state index contributed by atoms with van der Waals surface area (Å²) in [5, 5.41) is 3.49. The largest absolute Gasteiger partial charge is 0.481 e. The Kier molecular flexibility index (Phi) is 2.09. The van der Waals surface area contributed by atoms with Crippen LogP contribution in [0.15, 0.2) is 0 Å². The molecule has 2 rings (SSSR count). The molecule has 1 aliphatic rings. The predicted octanol–water partition coefficient (Wildman–Crippen LogP) is 1.30. The minimum Gasteiger partial charge on any atom is -0.481 e. The smallest absolute Gasteiger partial charge is 0.225 e. The number of nitrogens with zero attached hydrogens (tertiary/aromatic N) is 2. The number of fused-ring (bicyclic) bond motifs is 1. The summed E-state index contributed by atoms with van der Waals surface area (Å²) in [7, 11) is 1.59. The minimum atomic E-state index is 0.238. The fraction of sp³-hybridized carbons (Fsp3) is 0.500. The van der Waals surface area contributed by atoms with E-state index in [1.807, 2.05) is 6.92 Å². The fourth-order valence-electron chi connectivity index (χ4n) is 1.54. The third-order valence-corrected chi connectivity index (χ3v) is 2.33. The molecule has 0 spiro atoms. The molecule has 0 saturated carbocycles. The van der Waals surface area contributed by atoms with Crippen LogP contribution in [-0.4, -0.2) is 17.1 Å². The number of hydrogen-bond acceptors (Lipinski definition) is 4. The van der Waals surface area contributed by atoms with Crippen LogP contribution in [0.25, 0.3) is 0 Å². The second-order valence-electron chi connectivity index (χ2n) is 2.96. The molecule has 0 fully saturated rings. The van der Waals surface area contributed by atoms with E-state index in [9.17, 15) is 0 Å². The SMILES string of the molecule is COc1nc(Cl)nc2c1C(C)NC2. The Hall–Kier alpha value is -0.870. The van der Waals surface area contributed by atoms with Crippen molar-refractivity contribution in [3.05, 3.63) is 16.5 Å². The second kappa shape index (κ2) is 3.12. The first-order chi connectivity index (χ1) is 6.22. The molecule has 0 aromatic carbocycles. The molecular weight excluding hydrogens is 190 g/mol. The number of methoxy groups -OCH3 is 1. The highest BCUT2D eigenvalue weighted by Gasteiger charge is 2.25. The molecule has 1 aromatic heterocycles. The minimum absolute atomic E-state index is 0.238. The van der Waals surface area contributed by atoms with Crippen LogP contribution in [0, 0.1) is 0 Å². The van der Waals surface area contributed by atoms with Crippen LogP contribution in [0.3, 0.4) is 0 Å². The summed E-state index contributed by atoms with van der Waals surface area (Å²) in [6.45, 7) is 2.78. The number of hydrogen-bond donors (Lipinski definition) is 1. The zero-order valence-electron chi connectivity index (χ0n) is 7.47. The summed E-state index contributed by atoms with van der Waals surface area (Å²) < 4.78 is 5.13. The van der Waals surface area contributed by atoms with Crippen LogP contribution in [0.5, 0.6) is 5.88 Å². The van der Waals surface area contributed by atoms with Gasteiger partial charge in [0, 0.05) is 12.6 Å². The molecule has 0 amide bonds. The summed E-state index contributed by atoms with van der Waals surface area (Å²) >= 11 is 5.72. The van der Waals surface area contributed by atoms with Gasteiger partial charge in [0.1, 0.15) is 0 Å². The molecule has 70 valence electrons. The van der Waals surface area contributed by atoms with Crippen molar-refractivity contribution in [2.75, 3.05) is 7.11 Å². The molecule has 0 saturated heterocycles. The molecule has 1 atom stereocenters. The van der Waals surface area contributed by atoms with Crippen LogP contribution >= 0.6 is 11.6 Å². The Bertz CT molecular complexity index is 342. The van der Waals surface area contributed by atoms with Gasteiger partial charge in [0.2, 0.25) is 11.2 Å². The van der Waals surface area contributed by atoms with E-state index in [-0.39, 0.29) is 11.3 Å². The molecule has 5 heteroatoms. The molecule has 2 heterocycles. The average Bonchev–Trinajstić information content (AvgIpc) is 2.46. The van der Waals surface area contributed by atoms with Crippen LogP contribution in [-0.2, 0) is 6.54 Å². The van der Waals surface area contributed by atoms with Crippen molar-refractivity contribution < 1.29 is 4.74 Å². The molecular formula is C8H10ClN3O. The number of halogens is 1. The molecule has 1 N–H and O–H groups in total. The lowest BCUT2D eigenvalue weighted by Gasteiger charge is -2.08. The van der Waals surface area contributed by atoms with Crippen molar-refractivity contribution in [1.29, 1.82) is 0 Å². The monoisotopic (exact) mass is 199 g/mol. The van der Waals surface area contributed by atoms with Crippen molar-refractivity contribution in [3.8, 4) is 5.88 Å². The van der Waals surface area contributed by atoms with E-state index in [1.165, 1.54) is 0 Å². The molecule has 0 radical (unpaired) electrons. The maximum Gasteiger partial charge on any atom is 0.225 e. The van der Waals surface area contributed by atoms with Crippen molar-refractivity contribution in [3.63, 3.8) is 0 Å². The van der Waals surface area contributed by atoms with E-state index in [0.717, 1.165) is 17.8 Å². The van der Waals surface area contributed by atoms with Gasteiger partial charge in [-0.15, -0.1) is 0 Å². The highest BCUT2D eigenvalue weighted by molar-refractivity contribution is 6.28. The summed E-state index contributed by atoms with van der Waals surface area (Å²) in [6.07, 6.45) is 0. The normalized spacial score (nSPS) is 20.1. The van der Waals surface area contributed by atoms with Crippen molar-refractivity contribution >= 4 is 11.6 Å². The summed E-state index contributed by atoms with van der Waals surface area (Å²) in [5.74, 6) is 0.576. The lowest BCUT2D eigenvalue weighted by atomic mass is 10.1. The topological polar surface area (TPSA) is 47.0 Å². The lowest BCUT2D eigenvalue weighted by molar-refractivity contribution is 0.388. The van der Waals surface area contributed by atoms with E-state index >= 15 is 0 Å². The van der Waals surface area contributed by atoms with Crippen LogP contribution in [0.2, 0.25) is 5.28 Å². The van der Waals surface area contributed by atoms with E-state index in [4.69, 9.17) is 16.3 Å². The molecule has 1 aliphatic heterocycles. The number of nitrogens with one attached hydrogen (secondary N) is 1. The number of rotatable bonds is 1. The Morgan fingerprint density at radius 1 is 1.54 bits per heavy atom. The average molecular weight is 200 g/mol. The zero-order chi connectivity index (χ0) is 9.42. The number of ether oxygens (including phenoxy) is 1. The van der Waals surface area contributed by atoms with Crippen LogP contribution in [0.4, 0.5) is 0 Å². The van der Waals surface area contributed by atoms with Gasteiger partial charge in [0.15, 0.2) is 0 Å². The van der Waals surface area contributed by atoms with Gasteiger partial charge in [0.25, 0.3) is 0 Å². The van der Waals surface area contributed by atoms with Gasteiger partial charge in [-0.05, 0) is 18.5 Å². The van der Waals surface area contributed by atoms with Gasteiger partial charge < -0.3 is 10.1 Å². The molecule has 1 aromatic rings. The molecule has 13 heavy (non-hydrogen) atoms. The highest BCUT2D eigenvalue weighted by Crippen LogP contribution is 2.31. The first kappa shape index (κ1) is 8.72. The van der Waals surface area contributed by atoms with E-state index in [1.54, 1.807) is 7.11 Å². The standard InChI is InChI=1S/C8H10ClN3O/c1-4-6-5(3-10-4)11-8(9)12-7(6)13-2/h4,10H,3H2,1-2H3. The highest BCUT2D eigenvalue weighted by atomic mass is 35.5. The Morgan fingerprint density at radius 2 is 2.31 bits per heavy atom. The van der Waals surface area contributed by atoms with Gasteiger partial charge >= 0.3 is 0 Å². The predicted molar refractivity (Wildman–Crippen MR) is 48.8 cm³/mol. The van der Waals surface area contributed by atoms with Crippen molar-refractivity contribution in [2.24, 2.45) is 0 Å². The van der Waals surface area contributed by atoms with Crippen molar-refractivity contribution in [1.82, 2.24) is 15.3 Å². The maximum absolute atomic E-state index is 5.72. The van der Waals surface area contributed by atoms with Crippen molar-refractivity contribution in [2.45, 2.75) is 19.5 Å². The molecule has 1 unspecified atom stereocenters. The number of aromatic nitrogens is 2. The van der Waals surface area contributed by atoms with Gasteiger partial charge in [-0.3, -0.25) is 0 Å². The summed E-state index contributed by atoms with van der Waals surface area (Å²) in [5.41, 5.74) is 1.95. The zero-order valence-corrected chi connectivity index (χ0v) is 8.22. The first-order valence-electron chi connectivity index (χ1n) is 4.06. The van der Waals surface area contributed by atoms with Crippen LogP contribution in [0.1, 0.15) is 24.2 Å². The van der Waals surface area contributed by atoms with E-state index in [0.29, 0.717) is 5.88 Å². The Morgan fingerprint density at radius 3 is 3.00 bits per heavy atom. The van der Waals surface area contributed by atoms with E-state index in [2.05, 4.69) is 15.3 Å². The molecule has 0 aliphatic carbocycles. The molecule has 0 bridgehead atoms. The first-order valence-corrected chi connectivity index (χ1v) is 4.44. The molecule has 4 nitrogen and oxygen atoms in total. The summed E-state index contributed by atoms with van der Waals surface area (Å²) in [6, 6.07) is 0.238. The quantitative estimate of drug-likeness (QED) is 0.693. The second-order valence-corrected chi connectivity index (χ2v) is 3.30. The third kappa shape index (κ3) is 1.36. The van der Waals surface area contributed by atoms with Crippen LogP contribution < -0.4 is 10.1 Å². The third-order valence-electron chi connectivity index (χ3n) is 2.16. The fourth-order valence-corrected chi connectivity index (χ4v) is 1.72. The maximum atomic E-state index is 5.72. The van der Waals surface area contributed by atoms with Gasteiger partial charge in [-0.1, -0.05) is 0 Å². The lowest BCUT2D eigenvalue weighted by Crippen LogP contribution is -2.08. The summed E-state index contributed by atoms with van der Waals surface area (Å²) in [4.78, 5) is 8.13. The van der Waals surface area contributed by atoms with Gasteiger partial charge in [0.05, 0.1) is 18.4 Å².